The number of aryl methyl sites for hydroxylation is 2. The number of para-hydroxylation sites is 2. The average Bonchev–Trinajstić information content (AvgIpc) is 3.06. The quantitative estimate of drug-likeness (QED) is 0.388. The molecule has 1 heterocycles. The molecule has 0 aliphatic heterocycles. The summed E-state index contributed by atoms with van der Waals surface area (Å²) >= 11 is 0. The number of hydrogen-bond acceptors (Lipinski definition) is 3. The number of hydrazone groups is 1. The standard InChI is InChI=1S/C24H23N3O2/c1-3-27-21-10-6-5-9-19(21)20-14-18(12-13-22(20)27)15-25-26-24(28)16-29-23-11-7-4-8-17(23)2/h4-15H,3,16H2,1-2H3,(H,26,28). The largest absolute Gasteiger partial charge is 0.483 e. The molecule has 0 aliphatic carbocycles. The van der Waals surface area contributed by atoms with E-state index in [1.54, 1.807) is 6.21 Å². The second-order valence-electron chi connectivity index (χ2n) is 6.89. The van der Waals surface area contributed by atoms with Crippen molar-refractivity contribution in [2.75, 3.05) is 6.61 Å². The molecule has 0 saturated carbocycles. The van der Waals surface area contributed by atoms with Crippen LogP contribution in [-0.4, -0.2) is 23.3 Å². The highest BCUT2D eigenvalue weighted by Crippen LogP contribution is 2.29. The molecular weight excluding hydrogens is 362 g/mol. The minimum atomic E-state index is -0.298. The summed E-state index contributed by atoms with van der Waals surface area (Å²) in [4.78, 5) is 12.0. The van der Waals surface area contributed by atoms with Crippen LogP contribution in [0.2, 0.25) is 0 Å². The molecule has 1 amide bonds. The maximum absolute atomic E-state index is 12.0. The fraction of sp³-hybridized carbons (Fsp3) is 0.167. The highest BCUT2D eigenvalue weighted by molar-refractivity contribution is 6.09. The normalized spacial score (nSPS) is 11.4. The van der Waals surface area contributed by atoms with Crippen LogP contribution in [0.5, 0.6) is 5.75 Å². The molecule has 1 aromatic heterocycles. The Morgan fingerprint density at radius 2 is 1.79 bits per heavy atom. The number of nitrogens with zero attached hydrogens (tertiary/aromatic N) is 2. The summed E-state index contributed by atoms with van der Waals surface area (Å²) in [5.41, 5.74) is 6.86. The number of nitrogens with one attached hydrogen (secondary N) is 1. The Morgan fingerprint density at radius 1 is 1.03 bits per heavy atom. The monoisotopic (exact) mass is 385 g/mol. The van der Waals surface area contributed by atoms with Crippen LogP contribution >= 0.6 is 0 Å². The minimum absolute atomic E-state index is 0.0782. The molecule has 1 N–H and O–H groups in total. The van der Waals surface area contributed by atoms with Gasteiger partial charge in [0.2, 0.25) is 0 Å². The summed E-state index contributed by atoms with van der Waals surface area (Å²) in [6, 6.07) is 22.2. The van der Waals surface area contributed by atoms with Crippen LogP contribution in [0.15, 0.2) is 71.8 Å². The summed E-state index contributed by atoms with van der Waals surface area (Å²) in [5, 5.41) is 6.48. The van der Waals surface area contributed by atoms with Gasteiger partial charge in [-0.15, -0.1) is 0 Å². The first-order valence-electron chi connectivity index (χ1n) is 9.68. The van der Waals surface area contributed by atoms with E-state index in [0.29, 0.717) is 5.75 Å². The lowest BCUT2D eigenvalue weighted by atomic mass is 10.1. The Kier molecular flexibility index (Phi) is 5.29. The van der Waals surface area contributed by atoms with Crippen molar-refractivity contribution in [3.8, 4) is 5.75 Å². The summed E-state index contributed by atoms with van der Waals surface area (Å²) in [5.74, 6) is 0.401. The van der Waals surface area contributed by atoms with Gasteiger partial charge in [-0.25, -0.2) is 5.43 Å². The number of carbonyl (C=O) groups excluding carboxylic acids is 1. The lowest BCUT2D eigenvalue weighted by Crippen LogP contribution is -2.24. The Hall–Kier alpha value is -3.60. The third kappa shape index (κ3) is 3.85. The van der Waals surface area contributed by atoms with Gasteiger partial charge in [0.25, 0.3) is 5.91 Å². The van der Waals surface area contributed by atoms with Gasteiger partial charge >= 0.3 is 0 Å². The molecule has 3 aromatic carbocycles. The second-order valence-corrected chi connectivity index (χ2v) is 6.89. The highest BCUT2D eigenvalue weighted by Gasteiger charge is 2.09. The number of benzene rings is 3. The number of rotatable bonds is 6. The van der Waals surface area contributed by atoms with Gasteiger partial charge in [0.1, 0.15) is 5.75 Å². The van der Waals surface area contributed by atoms with Gasteiger partial charge in [-0.05, 0) is 49.2 Å². The maximum atomic E-state index is 12.0. The Morgan fingerprint density at radius 3 is 2.62 bits per heavy atom. The lowest BCUT2D eigenvalue weighted by molar-refractivity contribution is -0.123. The van der Waals surface area contributed by atoms with Gasteiger partial charge in [0.15, 0.2) is 6.61 Å². The van der Waals surface area contributed by atoms with E-state index in [-0.39, 0.29) is 12.5 Å². The number of aromatic nitrogens is 1. The molecule has 0 aliphatic rings. The predicted molar refractivity (Wildman–Crippen MR) is 118 cm³/mol. The van der Waals surface area contributed by atoms with Gasteiger partial charge < -0.3 is 9.30 Å². The van der Waals surface area contributed by atoms with Crippen LogP contribution in [0.1, 0.15) is 18.1 Å². The number of amides is 1. The number of hydrogen-bond donors (Lipinski definition) is 1. The fourth-order valence-electron chi connectivity index (χ4n) is 3.57. The van der Waals surface area contributed by atoms with Crippen LogP contribution in [0.3, 0.4) is 0 Å². The van der Waals surface area contributed by atoms with E-state index in [4.69, 9.17) is 4.74 Å². The molecule has 4 aromatic rings. The minimum Gasteiger partial charge on any atom is -0.483 e. The molecule has 0 fully saturated rings. The van der Waals surface area contributed by atoms with E-state index in [9.17, 15) is 4.79 Å². The Labute approximate surface area is 169 Å². The van der Waals surface area contributed by atoms with Crippen LogP contribution in [-0.2, 0) is 11.3 Å². The van der Waals surface area contributed by atoms with Crippen LogP contribution in [0.25, 0.3) is 21.8 Å². The maximum Gasteiger partial charge on any atom is 0.277 e. The van der Waals surface area contributed by atoms with Crippen molar-refractivity contribution < 1.29 is 9.53 Å². The summed E-state index contributed by atoms with van der Waals surface area (Å²) in [6.45, 7) is 4.92. The molecule has 0 bridgehead atoms. The Balaban J connectivity index is 1.46. The number of fused-ring (bicyclic) bond motifs is 3. The SMILES string of the molecule is CCn1c2ccccc2c2cc(C=NNC(=O)COc3ccccc3C)ccc21. The molecule has 0 spiro atoms. The topological polar surface area (TPSA) is 55.6 Å². The molecule has 146 valence electrons. The van der Waals surface area contributed by atoms with E-state index in [0.717, 1.165) is 17.7 Å². The summed E-state index contributed by atoms with van der Waals surface area (Å²) in [7, 11) is 0. The zero-order chi connectivity index (χ0) is 20.2. The Bertz CT molecular complexity index is 1210. The van der Waals surface area contributed by atoms with E-state index >= 15 is 0 Å². The van der Waals surface area contributed by atoms with Gasteiger partial charge in [-0.3, -0.25) is 4.79 Å². The van der Waals surface area contributed by atoms with Gasteiger partial charge in [0, 0.05) is 28.4 Å². The summed E-state index contributed by atoms with van der Waals surface area (Å²) in [6.07, 6.45) is 1.66. The third-order valence-corrected chi connectivity index (χ3v) is 4.97. The van der Waals surface area contributed by atoms with Gasteiger partial charge in [-0.1, -0.05) is 42.5 Å². The zero-order valence-electron chi connectivity index (χ0n) is 16.6. The molecule has 29 heavy (non-hydrogen) atoms. The third-order valence-electron chi connectivity index (χ3n) is 4.97. The van der Waals surface area contributed by atoms with Crippen molar-refractivity contribution in [2.24, 2.45) is 5.10 Å². The smallest absolute Gasteiger partial charge is 0.277 e. The average molecular weight is 385 g/mol. The highest BCUT2D eigenvalue weighted by atomic mass is 16.5. The first kappa shape index (κ1) is 18.7. The molecule has 5 heteroatoms. The van der Waals surface area contributed by atoms with Crippen LogP contribution in [0.4, 0.5) is 0 Å². The number of ether oxygens (including phenoxy) is 1. The molecule has 0 unspecified atom stereocenters. The first-order chi connectivity index (χ1) is 14.2. The van der Waals surface area contributed by atoms with E-state index in [2.05, 4.69) is 58.4 Å². The molecular formula is C24H23N3O2. The lowest BCUT2D eigenvalue weighted by Gasteiger charge is -2.07. The summed E-state index contributed by atoms with van der Waals surface area (Å²) < 4.78 is 7.84. The van der Waals surface area contributed by atoms with Crippen molar-refractivity contribution >= 4 is 33.9 Å². The van der Waals surface area contributed by atoms with E-state index in [1.807, 2.05) is 37.3 Å². The van der Waals surface area contributed by atoms with Crippen molar-refractivity contribution in [1.82, 2.24) is 9.99 Å². The van der Waals surface area contributed by atoms with E-state index < -0.39 is 0 Å². The van der Waals surface area contributed by atoms with E-state index in [1.165, 1.54) is 21.8 Å². The predicted octanol–water partition coefficient (Wildman–Crippen LogP) is 4.65. The van der Waals surface area contributed by atoms with Crippen LogP contribution < -0.4 is 10.2 Å². The van der Waals surface area contributed by atoms with Gasteiger partial charge in [0.05, 0.1) is 6.21 Å². The molecule has 0 atom stereocenters. The first-order valence-corrected chi connectivity index (χ1v) is 9.68. The van der Waals surface area contributed by atoms with Gasteiger partial charge in [-0.2, -0.15) is 5.10 Å². The molecule has 0 saturated heterocycles. The second kappa shape index (κ2) is 8.19. The van der Waals surface area contributed by atoms with Crippen LogP contribution in [0, 0.1) is 6.92 Å². The van der Waals surface area contributed by atoms with Crippen molar-refractivity contribution in [1.29, 1.82) is 0 Å². The number of carbonyl (C=O) groups is 1. The molecule has 5 nitrogen and oxygen atoms in total. The van der Waals surface area contributed by atoms with Crippen molar-refractivity contribution in [3.05, 3.63) is 77.9 Å². The van der Waals surface area contributed by atoms with Crippen molar-refractivity contribution in [2.45, 2.75) is 20.4 Å². The molecule has 0 radical (unpaired) electrons. The van der Waals surface area contributed by atoms with Crippen molar-refractivity contribution in [3.63, 3.8) is 0 Å². The zero-order valence-corrected chi connectivity index (χ0v) is 16.6. The fourth-order valence-corrected chi connectivity index (χ4v) is 3.57. The molecule has 4 rings (SSSR count).